The Labute approximate surface area is 119 Å². The number of carbonyl (C=O) groups is 1. The SMILES string of the molecule is CC1CCN(C(=O)c2csc3c2CC[C@H](C)C3)CC1. The van der Waals surface area contributed by atoms with E-state index in [1.807, 2.05) is 0 Å². The van der Waals surface area contributed by atoms with Crippen LogP contribution < -0.4 is 0 Å². The molecule has 0 radical (unpaired) electrons. The molecule has 1 aromatic rings. The van der Waals surface area contributed by atoms with Gasteiger partial charge in [0.2, 0.25) is 0 Å². The number of fused-ring (bicyclic) bond motifs is 1. The predicted octanol–water partition coefficient (Wildman–Crippen LogP) is 3.75. The molecule has 0 spiro atoms. The molecule has 1 atom stereocenters. The number of amides is 1. The number of piperidine rings is 1. The van der Waals surface area contributed by atoms with Crippen LogP contribution in [0.4, 0.5) is 0 Å². The number of nitrogens with zero attached hydrogens (tertiary/aromatic N) is 1. The summed E-state index contributed by atoms with van der Waals surface area (Å²) in [7, 11) is 0. The minimum atomic E-state index is 0.291. The van der Waals surface area contributed by atoms with Crippen LogP contribution in [0, 0.1) is 11.8 Å². The summed E-state index contributed by atoms with van der Waals surface area (Å²) in [6, 6.07) is 0. The third-order valence-corrected chi connectivity index (χ3v) is 5.75. The van der Waals surface area contributed by atoms with Gasteiger partial charge in [-0.2, -0.15) is 0 Å². The van der Waals surface area contributed by atoms with Crippen LogP contribution in [0.5, 0.6) is 0 Å². The van der Waals surface area contributed by atoms with Crippen LogP contribution in [0.2, 0.25) is 0 Å². The molecule has 1 amide bonds. The Bertz CT molecular complexity index is 471. The van der Waals surface area contributed by atoms with Gasteiger partial charge in [-0.05, 0) is 49.5 Å². The molecule has 104 valence electrons. The zero-order valence-corrected chi connectivity index (χ0v) is 12.8. The van der Waals surface area contributed by atoms with Crippen molar-refractivity contribution in [2.45, 2.75) is 46.0 Å². The third kappa shape index (κ3) is 2.58. The standard InChI is InChI=1S/C16H23NOS/c1-11-5-7-17(8-6-11)16(18)14-10-19-15-9-12(2)3-4-13(14)15/h10-12H,3-9H2,1-2H3/t12-/m0/s1. The van der Waals surface area contributed by atoms with E-state index >= 15 is 0 Å². The van der Waals surface area contributed by atoms with Gasteiger partial charge in [0, 0.05) is 23.3 Å². The van der Waals surface area contributed by atoms with Crippen molar-refractivity contribution in [2.24, 2.45) is 11.8 Å². The molecule has 2 heterocycles. The fraction of sp³-hybridized carbons (Fsp3) is 0.688. The van der Waals surface area contributed by atoms with E-state index in [4.69, 9.17) is 0 Å². The summed E-state index contributed by atoms with van der Waals surface area (Å²) in [6.07, 6.45) is 5.83. The molecule has 19 heavy (non-hydrogen) atoms. The summed E-state index contributed by atoms with van der Waals surface area (Å²) < 4.78 is 0. The minimum absolute atomic E-state index is 0.291. The number of carbonyl (C=O) groups excluding carboxylic acids is 1. The molecule has 0 unspecified atom stereocenters. The molecule has 1 aliphatic carbocycles. The Morgan fingerprint density at radius 3 is 2.68 bits per heavy atom. The molecule has 1 fully saturated rings. The van der Waals surface area contributed by atoms with Crippen molar-refractivity contribution in [3.8, 4) is 0 Å². The molecule has 1 aromatic heterocycles. The van der Waals surface area contributed by atoms with Crippen molar-refractivity contribution < 1.29 is 4.79 Å². The van der Waals surface area contributed by atoms with Gasteiger partial charge in [0.05, 0.1) is 5.56 Å². The summed E-state index contributed by atoms with van der Waals surface area (Å²) in [5, 5.41) is 2.11. The summed E-state index contributed by atoms with van der Waals surface area (Å²) in [4.78, 5) is 16.2. The number of hydrogen-bond donors (Lipinski definition) is 0. The van der Waals surface area contributed by atoms with Gasteiger partial charge in [-0.3, -0.25) is 4.79 Å². The normalized spacial score (nSPS) is 24.3. The monoisotopic (exact) mass is 277 g/mol. The second-order valence-electron chi connectivity index (χ2n) is 6.37. The van der Waals surface area contributed by atoms with Crippen molar-refractivity contribution >= 4 is 17.2 Å². The maximum Gasteiger partial charge on any atom is 0.254 e. The van der Waals surface area contributed by atoms with Gasteiger partial charge in [0.25, 0.3) is 5.91 Å². The molecule has 0 saturated carbocycles. The number of rotatable bonds is 1. The van der Waals surface area contributed by atoms with E-state index in [1.54, 1.807) is 11.3 Å². The van der Waals surface area contributed by atoms with E-state index in [0.717, 1.165) is 49.8 Å². The molecule has 1 aliphatic heterocycles. The van der Waals surface area contributed by atoms with E-state index in [9.17, 15) is 4.79 Å². The largest absolute Gasteiger partial charge is 0.339 e. The van der Waals surface area contributed by atoms with E-state index in [0.29, 0.717) is 5.91 Å². The summed E-state index contributed by atoms with van der Waals surface area (Å²) in [5.74, 6) is 1.85. The smallest absolute Gasteiger partial charge is 0.254 e. The maximum atomic E-state index is 12.7. The highest BCUT2D eigenvalue weighted by atomic mass is 32.1. The van der Waals surface area contributed by atoms with E-state index in [1.165, 1.54) is 23.3 Å². The van der Waals surface area contributed by atoms with Gasteiger partial charge in [-0.15, -0.1) is 11.3 Å². The molecule has 0 aromatic carbocycles. The van der Waals surface area contributed by atoms with Crippen LogP contribution in [-0.4, -0.2) is 23.9 Å². The van der Waals surface area contributed by atoms with Crippen molar-refractivity contribution in [3.05, 3.63) is 21.4 Å². The van der Waals surface area contributed by atoms with Crippen molar-refractivity contribution in [3.63, 3.8) is 0 Å². The van der Waals surface area contributed by atoms with E-state index in [2.05, 4.69) is 24.1 Å². The summed E-state index contributed by atoms with van der Waals surface area (Å²) in [6.45, 7) is 6.49. The molecule has 2 nitrogen and oxygen atoms in total. The predicted molar refractivity (Wildman–Crippen MR) is 79.8 cm³/mol. The van der Waals surface area contributed by atoms with Gasteiger partial charge >= 0.3 is 0 Å². The molecule has 0 N–H and O–H groups in total. The van der Waals surface area contributed by atoms with Crippen LogP contribution in [-0.2, 0) is 12.8 Å². The van der Waals surface area contributed by atoms with E-state index < -0.39 is 0 Å². The van der Waals surface area contributed by atoms with Gasteiger partial charge in [-0.1, -0.05) is 13.8 Å². The minimum Gasteiger partial charge on any atom is -0.339 e. The topological polar surface area (TPSA) is 20.3 Å². The second kappa shape index (κ2) is 5.28. The van der Waals surface area contributed by atoms with Crippen molar-refractivity contribution in [1.29, 1.82) is 0 Å². The van der Waals surface area contributed by atoms with Gasteiger partial charge in [-0.25, -0.2) is 0 Å². The lowest BCUT2D eigenvalue weighted by atomic mass is 9.88. The molecule has 3 rings (SSSR count). The average Bonchev–Trinajstić information content (AvgIpc) is 2.81. The fourth-order valence-corrected chi connectivity index (χ4v) is 4.48. The zero-order chi connectivity index (χ0) is 13.4. The summed E-state index contributed by atoms with van der Waals surface area (Å²) >= 11 is 1.80. The second-order valence-corrected chi connectivity index (χ2v) is 7.34. The third-order valence-electron chi connectivity index (χ3n) is 4.70. The highest BCUT2D eigenvalue weighted by molar-refractivity contribution is 7.10. The maximum absolute atomic E-state index is 12.7. The Balaban J connectivity index is 1.77. The Kier molecular flexibility index (Phi) is 3.66. The first-order valence-corrected chi connectivity index (χ1v) is 8.41. The Morgan fingerprint density at radius 1 is 1.21 bits per heavy atom. The summed E-state index contributed by atoms with van der Waals surface area (Å²) in [5.41, 5.74) is 2.38. The van der Waals surface area contributed by atoms with Gasteiger partial charge in [0.1, 0.15) is 0 Å². The van der Waals surface area contributed by atoms with Crippen molar-refractivity contribution in [2.75, 3.05) is 13.1 Å². The first-order valence-electron chi connectivity index (χ1n) is 7.53. The van der Waals surface area contributed by atoms with Crippen LogP contribution in [0.3, 0.4) is 0 Å². The highest BCUT2D eigenvalue weighted by Crippen LogP contribution is 2.33. The number of likely N-dealkylation sites (tertiary alicyclic amines) is 1. The van der Waals surface area contributed by atoms with Crippen LogP contribution in [0.25, 0.3) is 0 Å². The molecule has 3 heteroatoms. The molecule has 0 bridgehead atoms. The highest BCUT2D eigenvalue weighted by Gasteiger charge is 2.27. The fourth-order valence-electron chi connectivity index (χ4n) is 3.24. The van der Waals surface area contributed by atoms with Crippen molar-refractivity contribution in [1.82, 2.24) is 4.90 Å². The van der Waals surface area contributed by atoms with Gasteiger partial charge in [0.15, 0.2) is 0 Å². The number of thiophene rings is 1. The quantitative estimate of drug-likeness (QED) is 0.765. The first-order chi connectivity index (χ1) is 9.15. The van der Waals surface area contributed by atoms with Crippen LogP contribution >= 0.6 is 11.3 Å². The first kappa shape index (κ1) is 13.2. The zero-order valence-electron chi connectivity index (χ0n) is 11.9. The Morgan fingerprint density at radius 2 is 1.95 bits per heavy atom. The number of hydrogen-bond acceptors (Lipinski definition) is 2. The molecule has 2 aliphatic rings. The average molecular weight is 277 g/mol. The molecular weight excluding hydrogens is 254 g/mol. The lowest BCUT2D eigenvalue weighted by Crippen LogP contribution is -2.38. The lowest BCUT2D eigenvalue weighted by molar-refractivity contribution is 0.0696. The molecular formula is C16H23NOS. The van der Waals surface area contributed by atoms with Gasteiger partial charge < -0.3 is 4.90 Å². The lowest BCUT2D eigenvalue weighted by Gasteiger charge is -2.30. The van der Waals surface area contributed by atoms with E-state index in [-0.39, 0.29) is 0 Å². The van der Waals surface area contributed by atoms with Crippen LogP contribution in [0.15, 0.2) is 5.38 Å². The van der Waals surface area contributed by atoms with Crippen LogP contribution in [0.1, 0.15) is 53.9 Å². The molecule has 1 saturated heterocycles. The Hall–Kier alpha value is -0.830.